The Morgan fingerprint density at radius 1 is 1.27 bits per heavy atom. The average molecular weight is 352 g/mol. The fourth-order valence-electron chi connectivity index (χ4n) is 4.05. The Hall–Kier alpha value is -2.72. The van der Waals surface area contributed by atoms with Gasteiger partial charge in [-0.1, -0.05) is 6.07 Å². The summed E-state index contributed by atoms with van der Waals surface area (Å²) in [4.78, 5) is 10.8. The number of nitrogens with one attached hydrogen (secondary N) is 2. The van der Waals surface area contributed by atoms with Gasteiger partial charge in [0, 0.05) is 23.8 Å². The summed E-state index contributed by atoms with van der Waals surface area (Å²) >= 11 is 0. The normalized spacial score (nSPS) is 24.9. The molecule has 1 aromatic heterocycles. The van der Waals surface area contributed by atoms with Gasteiger partial charge in [-0.05, 0) is 50.9 Å². The Bertz CT molecular complexity index is 834. The number of rotatable bonds is 4. The van der Waals surface area contributed by atoms with Crippen molar-refractivity contribution in [2.75, 3.05) is 17.7 Å². The number of aromatic nitrogens is 2. The third-order valence-corrected chi connectivity index (χ3v) is 5.43. The summed E-state index contributed by atoms with van der Waals surface area (Å²) in [6.45, 7) is 0. The third kappa shape index (κ3) is 3.33. The number of hydrogen-bond acceptors (Lipinski definition) is 6. The van der Waals surface area contributed by atoms with Crippen LogP contribution in [0.15, 0.2) is 30.5 Å². The summed E-state index contributed by atoms with van der Waals surface area (Å²) in [6.07, 6.45) is 5.61. The van der Waals surface area contributed by atoms with E-state index in [4.69, 9.17) is 5.26 Å². The zero-order valence-corrected chi connectivity index (χ0v) is 14.6. The first-order valence-corrected chi connectivity index (χ1v) is 8.90. The highest BCUT2D eigenvalue weighted by Gasteiger charge is 2.38. The zero-order valence-electron chi connectivity index (χ0n) is 14.6. The second-order valence-corrected chi connectivity index (χ2v) is 7.07. The molecule has 3 heterocycles. The molecule has 1 aromatic carbocycles. The van der Waals surface area contributed by atoms with Crippen molar-refractivity contribution in [2.24, 2.45) is 0 Å². The van der Waals surface area contributed by atoms with Crippen molar-refractivity contribution in [3.63, 3.8) is 0 Å². The van der Waals surface area contributed by atoms with Gasteiger partial charge in [0.1, 0.15) is 0 Å². The number of nitriles is 1. The van der Waals surface area contributed by atoms with E-state index in [-0.39, 0.29) is 11.9 Å². The molecule has 2 atom stereocenters. The maximum atomic E-state index is 14.2. The summed E-state index contributed by atoms with van der Waals surface area (Å²) in [6, 6.07) is 10.5. The van der Waals surface area contributed by atoms with Gasteiger partial charge in [-0.2, -0.15) is 10.2 Å². The SMILES string of the molecule is CN1C2CCC1CC(Nc1nc(Nc3cccc(C#N)c3)ncc1F)C2. The molecule has 2 saturated heterocycles. The Labute approximate surface area is 152 Å². The van der Waals surface area contributed by atoms with Crippen LogP contribution in [0.1, 0.15) is 31.2 Å². The van der Waals surface area contributed by atoms with Crippen molar-refractivity contribution >= 4 is 17.5 Å². The smallest absolute Gasteiger partial charge is 0.229 e. The second kappa shape index (κ2) is 6.89. The van der Waals surface area contributed by atoms with Crippen molar-refractivity contribution in [1.82, 2.24) is 14.9 Å². The molecule has 0 radical (unpaired) electrons. The molecule has 2 aromatic rings. The van der Waals surface area contributed by atoms with Crippen LogP contribution in [0.25, 0.3) is 0 Å². The maximum absolute atomic E-state index is 14.2. The van der Waals surface area contributed by atoms with Crippen LogP contribution in [0, 0.1) is 17.1 Å². The van der Waals surface area contributed by atoms with Crippen LogP contribution < -0.4 is 10.6 Å². The first kappa shape index (κ1) is 16.7. The lowest BCUT2D eigenvalue weighted by molar-refractivity contribution is 0.168. The van der Waals surface area contributed by atoms with Gasteiger partial charge in [0.15, 0.2) is 11.6 Å². The summed E-state index contributed by atoms with van der Waals surface area (Å²) < 4.78 is 14.2. The summed E-state index contributed by atoms with van der Waals surface area (Å²) in [5, 5.41) is 15.3. The van der Waals surface area contributed by atoms with Gasteiger partial charge in [-0.25, -0.2) is 9.37 Å². The lowest BCUT2D eigenvalue weighted by atomic mass is 9.98. The summed E-state index contributed by atoms with van der Waals surface area (Å²) in [5.41, 5.74) is 1.23. The fourth-order valence-corrected chi connectivity index (χ4v) is 4.05. The first-order valence-electron chi connectivity index (χ1n) is 8.90. The van der Waals surface area contributed by atoms with E-state index < -0.39 is 5.82 Å². The van der Waals surface area contributed by atoms with E-state index in [1.807, 2.05) is 6.07 Å². The standard InChI is InChI=1S/C19H21FN6/c1-26-15-5-6-16(26)9-14(8-15)23-18-17(20)11-22-19(25-18)24-13-4-2-3-12(7-13)10-21/h2-4,7,11,14-16H,5-6,8-9H2,1H3,(H2,22,23,24,25). The zero-order chi connectivity index (χ0) is 18.1. The molecule has 0 spiro atoms. The van der Waals surface area contributed by atoms with Crippen molar-refractivity contribution in [2.45, 2.75) is 43.8 Å². The number of benzene rings is 1. The largest absolute Gasteiger partial charge is 0.365 e. The highest BCUT2D eigenvalue weighted by atomic mass is 19.1. The third-order valence-electron chi connectivity index (χ3n) is 5.43. The Morgan fingerprint density at radius 3 is 2.77 bits per heavy atom. The van der Waals surface area contributed by atoms with Crippen LogP contribution in [0.5, 0.6) is 0 Å². The van der Waals surface area contributed by atoms with Crippen LogP contribution in [0.3, 0.4) is 0 Å². The number of piperidine rings is 1. The number of fused-ring (bicyclic) bond motifs is 2. The quantitative estimate of drug-likeness (QED) is 0.879. The maximum Gasteiger partial charge on any atom is 0.229 e. The fraction of sp³-hybridized carbons (Fsp3) is 0.421. The van der Waals surface area contributed by atoms with Crippen molar-refractivity contribution < 1.29 is 4.39 Å². The molecular weight excluding hydrogens is 331 g/mol. The number of nitrogens with zero attached hydrogens (tertiary/aromatic N) is 4. The molecule has 7 heteroatoms. The highest BCUT2D eigenvalue weighted by Crippen LogP contribution is 2.35. The van der Waals surface area contributed by atoms with Gasteiger partial charge in [0.25, 0.3) is 0 Å². The van der Waals surface area contributed by atoms with Crippen LogP contribution in [-0.4, -0.2) is 40.0 Å². The molecule has 6 nitrogen and oxygen atoms in total. The second-order valence-electron chi connectivity index (χ2n) is 7.07. The van der Waals surface area contributed by atoms with Gasteiger partial charge >= 0.3 is 0 Å². The minimum Gasteiger partial charge on any atom is -0.365 e. The van der Waals surface area contributed by atoms with E-state index in [0.717, 1.165) is 12.8 Å². The van der Waals surface area contributed by atoms with Gasteiger partial charge in [-0.3, -0.25) is 0 Å². The number of hydrogen-bond donors (Lipinski definition) is 2. The molecule has 0 saturated carbocycles. The molecule has 2 N–H and O–H groups in total. The highest BCUT2D eigenvalue weighted by molar-refractivity contribution is 5.57. The average Bonchev–Trinajstić information content (AvgIpc) is 2.85. The molecule has 0 amide bonds. The first-order chi connectivity index (χ1) is 12.6. The Morgan fingerprint density at radius 2 is 2.04 bits per heavy atom. The lowest BCUT2D eigenvalue weighted by Crippen LogP contribution is -2.44. The summed E-state index contributed by atoms with van der Waals surface area (Å²) in [7, 11) is 2.18. The van der Waals surface area contributed by atoms with E-state index in [9.17, 15) is 4.39 Å². The van der Waals surface area contributed by atoms with Crippen LogP contribution in [-0.2, 0) is 0 Å². The number of anilines is 3. The van der Waals surface area contributed by atoms with Gasteiger partial charge in [0.05, 0.1) is 17.8 Å². The molecule has 26 heavy (non-hydrogen) atoms. The van der Waals surface area contributed by atoms with E-state index in [2.05, 4.69) is 38.6 Å². The predicted molar refractivity (Wildman–Crippen MR) is 97.6 cm³/mol. The minimum atomic E-state index is -0.451. The Balaban J connectivity index is 1.49. The van der Waals surface area contributed by atoms with Crippen molar-refractivity contribution in [1.29, 1.82) is 5.26 Å². The molecule has 2 bridgehead atoms. The van der Waals surface area contributed by atoms with Crippen LogP contribution in [0.4, 0.5) is 21.8 Å². The van der Waals surface area contributed by atoms with E-state index >= 15 is 0 Å². The van der Waals surface area contributed by atoms with Gasteiger partial charge < -0.3 is 15.5 Å². The van der Waals surface area contributed by atoms with E-state index in [0.29, 0.717) is 29.3 Å². The molecular formula is C19H21FN6. The molecule has 2 aliphatic rings. The molecule has 2 fully saturated rings. The number of halogens is 1. The monoisotopic (exact) mass is 352 g/mol. The molecule has 2 aliphatic heterocycles. The summed E-state index contributed by atoms with van der Waals surface area (Å²) in [5.74, 6) is 0.0837. The van der Waals surface area contributed by atoms with Crippen molar-refractivity contribution in [3.8, 4) is 6.07 Å². The Kier molecular flexibility index (Phi) is 4.43. The van der Waals surface area contributed by atoms with Crippen LogP contribution in [0.2, 0.25) is 0 Å². The minimum absolute atomic E-state index is 0.225. The van der Waals surface area contributed by atoms with Crippen molar-refractivity contribution in [3.05, 3.63) is 41.8 Å². The van der Waals surface area contributed by atoms with Gasteiger partial charge in [0.2, 0.25) is 5.95 Å². The predicted octanol–water partition coefficient (Wildman–Crippen LogP) is 3.27. The van der Waals surface area contributed by atoms with E-state index in [1.54, 1.807) is 18.2 Å². The molecule has 134 valence electrons. The van der Waals surface area contributed by atoms with Crippen LogP contribution >= 0.6 is 0 Å². The lowest BCUT2D eigenvalue weighted by Gasteiger charge is -2.36. The molecule has 4 rings (SSSR count). The topological polar surface area (TPSA) is 76.9 Å². The molecule has 2 unspecified atom stereocenters. The van der Waals surface area contributed by atoms with E-state index in [1.165, 1.54) is 19.0 Å². The molecule has 0 aliphatic carbocycles. The van der Waals surface area contributed by atoms with Gasteiger partial charge in [-0.15, -0.1) is 0 Å².